The average molecular weight is 322 g/mol. The third kappa shape index (κ3) is 3.81. The van der Waals surface area contributed by atoms with Gasteiger partial charge in [-0.1, -0.05) is 6.07 Å². The number of carbonyl (C=O) groups excluding carboxylic acids is 1. The second kappa shape index (κ2) is 6.85. The summed E-state index contributed by atoms with van der Waals surface area (Å²) in [5.74, 6) is 0.490. The molecule has 1 aromatic heterocycles. The highest BCUT2D eigenvalue weighted by Gasteiger charge is 2.16. The number of hydrogen-bond acceptors (Lipinski definition) is 4. The average Bonchev–Trinajstić information content (AvgIpc) is 3.17. The lowest BCUT2D eigenvalue weighted by Gasteiger charge is -2.12. The third-order valence-corrected chi connectivity index (χ3v) is 3.55. The van der Waals surface area contributed by atoms with E-state index in [9.17, 15) is 4.79 Å². The first-order valence-corrected chi connectivity index (χ1v) is 7.50. The molecule has 6 heteroatoms. The van der Waals surface area contributed by atoms with E-state index in [1.54, 1.807) is 12.1 Å². The summed E-state index contributed by atoms with van der Waals surface area (Å²) in [7, 11) is 0. The molecule has 1 aliphatic rings. The minimum absolute atomic E-state index is 0.156. The van der Waals surface area contributed by atoms with E-state index >= 15 is 0 Å². The number of amides is 1. The van der Waals surface area contributed by atoms with Crippen LogP contribution in [-0.4, -0.2) is 25.2 Å². The smallest absolute Gasteiger partial charge is 0.291 e. The maximum absolute atomic E-state index is 12.0. The van der Waals surface area contributed by atoms with Gasteiger partial charge in [0.1, 0.15) is 12.4 Å². The van der Waals surface area contributed by atoms with Gasteiger partial charge in [0.2, 0.25) is 0 Å². The first kappa shape index (κ1) is 14.9. The van der Waals surface area contributed by atoms with E-state index in [4.69, 9.17) is 25.5 Å². The molecule has 2 heterocycles. The van der Waals surface area contributed by atoms with Crippen molar-refractivity contribution in [2.24, 2.45) is 0 Å². The van der Waals surface area contributed by atoms with Crippen molar-refractivity contribution < 1.29 is 18.7 Å². The van der Waals surface area contributed by atoms with Crippen molar-refractivity contribution in [2.45, 2.75) is 18.9 Å². The summed E-state index contributed by atoms with van der Waals surface area (Å²) < 4.78 is 16.3. The van der Waals surface area contributed by atoms with Gasteiger partial charge in [0.15, 0.2) is 11.0 Å². The minimum atomic E-state index is -0.358. The standard InChI is InChI=1S/C16H16ClNO4/c17-15-7-6-14(22-15)16(19)18-11-3-1-4-12(9-11)21-10-13-5-2-8-20-13/h1,3-4,6-7,9,13H,2,5,8,10H2,(H,18,19)/t13-/m0/s1. The lowest BCUT2D eigenvalue weighted by molar-refractivity contribution is 0.0680. The maximum atomic E-state index is 12.0. The Morgan fingerprint density at radius 2 is 2.27 bits per heavy atom. The predicted molar refractivity (Wildman–Crippen MR) is 82.6 cm³/mol. The van der Waals surface area contributed by atoms with Crippen LogP contribution in [0.15, 0.2) is 40.8 Å². The van der Waals surface area contributed by atoms with E-state index in [0.29, 0.717) is 18.0 Å². The Bertz CT molecular complexity index is 649. The molecule has 0 bridgehead atoms. The second-order valence-electron chi connectivity index (χ2n) is 5.03. The van der Waals surface area contributed by atoms with Crippen LogP contribution in [-0.2, 0) is 4.74 Å². The number of furan rings is 1. The lowest BCUT2D eigenvalue weighted by atomic mass is 10.2. The van der Waals surface area contributed by atoms with Gasteiger partial charge in [0, 0.05) is 18.4 Å². The number of ether oxygens (including phenoxy) is 2. The van der Waals surface area contributed by atoms with Crippen LogP contribution in [0.3, 0.4) is 0 Å². The molecule has 116 valence electrons. The van der Waals surface area contributed by atoms with Gasteiger partial charge in [-0.05, 0) is 48.7 Å². The van der Waals surface area contributed by atoms with Gasteiger partial charge in [0.05, 0.1) is 6.10 Å². The fraction of sp³-hybridized carbons (Fsp3) is 0.312. The molecule has 1 saturated heterocycles. The van der Waals surface area contributed by atoms with Crippen molar-refractivity contribution in [2.75, 3.05) is 18.5 Å². The Labute approximate surface area is 133 Å². The minimum Gasteiger partial charge on any atom is -0.491 e. The number of nitrogens with one attached hydrogen (secondary N) is 1. The van der Waals surface area contributed by atoms with Gasteiger partial charge in [-0.3, -0.25) is 4.79 Å². The Hall–Kier alpha value is -1.98. The molecule has 0 aliphatic carbocycles. The van der Waals surface area contributed by atoms with Gasteiger partial charge in [0.25, 0.3) is 5.91 Å². The topological polar surface area (TPSA) is 60.7 Å². The van der Waals surface area contributed by atoms with Crippen molar-refractivity contribution >= 4 is 23.2 Å². The van der Waals surface area contributed by atoms with Crippen molar-refractivity contribution in [3.63, 3.8) is 0 Å². The monoisotopic (exact) mass is 321 g/mol. The van der Waals surface area contributed by atoms with Crippen LogP contribution in [0.25, 0.3) is 0 Å². The highest BCUT2D eigenvalue weighted by Crippen LogP contribution is 2.21. The predicted octanol–water partition coefficient (Wildman–Crippen LogP) is 3.74. The first-order valence-electron chi connectivity index (χ1n) is 7.12. The van der Waals surface area contributed by atoms with Crippen molar-refractivity contribution in [1.82, 2.24) is 0 Å². The molecular weight excluding hydrogens is 306 g/mol. The normalized spacial score (nSPS) is 17.4. The van der Waals surface area contributed by atoms with E-state index < -0.39 is 0 Å². The zero-order chi connectivity index (χ0) is 15.4. The third-order valence-electron chi connectivity index (χ3n) is 3.35. The summed E-state index contributed by atoms with van der Waals surface area (Å²) in [6.45, 7) is 1.32. The zero-order valence-corrected chi connectivity index (χ0v) is 12.6. The Morgan fingerprint density at radius 3 is 3.00 bits per heavy atom. The summed E-state index contributed by atoms with van der Waals surface area (Å²) in [5, 5.41) is 2.92. The lowest BCUT2D eigenvalue weighted by Crippen LogP contribution is -2.16. The zero-order valence-electron chi connectivity index (χ0n) is 11.9. The summed E-state index contributed by atoms with van der Waals surface area (Å²) in [6, 6.07) is 10.2. The van der Waals surface area contributed by atoms with E-state index in [-0.39, 0.29) is 23.0 Å². The number of halogens is 1. The molecular formula is C16H16ClNO4. The molecule has 2 aromatic rings. The molecule has 1 atom stereocenters. The largest absolute Gasteiger partial charge is 0.491 e. The quantitative estimate of drug-likeness (QED) is 0.911. The van der Waals surface area contributed by atoms with Crippen molar-refractivity contribution in [1.29, 1.82) is 0 Å². The molecule has 1 amide bonds. The van der Waals surface area contributed by atoms with Crippen LogP contribution in [0.1, 0.15) is 23.4 Å². The highest BCUT2D eigenvalue weighted by molar-refractivity contribution is 6.29. The summed E-state index contributed by atoms with van der Waals surface area (Å²) in [4.78, 5) is 12.0. The summed E-state index contributed by atoms with van der Waals surface area (Å²) in [5.41, 5.74) is 0.627. The molecule has 1 fully saturated rings. The van der Waals surface area contributed by atoms with Crippen LogP contribution in [0, 0.1) is 0 Å². The van der Waals surface area contributed by atoms with Crippen LogP contribution < -0.4 is 10.1 Å². The first-order chi connectivity index (χ1) is 10.7. The van der Waals surface area contributed by atoms with Crippen LogP contribution in [0.5, 0.6) is 5.75 Å². The summed E-state index contributed by atoms with van der Waals surface area (Å²) >= 11 is 5.66. The van der Waals surface area contributed by atoms with Gasteiger partial charge < -0.3 is 19.2 Å². The molecule has 0 spiro atoms. The Morgan fingerprint density at radius 1 is 1.36 bits per heavy atom. The molecule has 0 saturated carbocycles. The van der Waals surface area contributed by atoms with Crippen molar-refractivity contribution in [3.8, 4) is 5.75 Å². The molecule has 1 N–H and O–H groups in total. The van der Waals surface area contributed by atoms with E-state index in [1.165, 1.54) is 12.1 Å². The van der Waals surface area contributed by atoms with Crippen LogP contribution in [0.2, 0.25) is 5.22 Å². The fourth-order valence-corrected chi connectivity index (χ4v) is 2.40. The Kier molecular flexibility index (Phi) is 4.65. The molecule has 3 rings (SSSR count). The van der Waals surface area contributed by atoms with E-state index in [1.807, 2.05) is 12.1 Å². The molecule has 1 aliphatic heterocycles. The molecule has 0 unspecified atom stereocenters. The Balaban J connectivity index is 1.59. The summed E-state index contributed by atoms with van der Waals surface area (Å²) in [6.07, 6.45) is 2.26. The van der Waals surface area contributed by atoms with Crippen molar-refractivity contribution in [3.05, 3.63) is 47.4 Å². The van der Waals surface area contributed by atoms with Gasteiger partial charge in [-0.15, -0.1) is 0 Å². The number of benzene rings is 1. The fourth-order valence-electron chi connectivity index (χ4n) is 2.26. The second-order valence-corrected chi connectivity index (χ2v) is 5.40. The highest BCUT2D eigenvalue weighted by atomic mass is 35.5. The number of carbonyl (C=O) groups is 1. The molecule has 22 heavy (non-hydrogen) atoms. The number of anilines is 1. The molecule has 1 aromatic carbocycles. The van der Waals surface area contributed by atoms with E-state index in [2.05, 4.69) is 5.32 Å². The van der Waals surface area contributed by atoms with Crippen LogP contribution in [0.4, 0.5) is 5.69 Å². The maximum Gasteiger partial charge on any atom is 0.291 e. The number of hydrogen-bond donors (Lipinski definition) is 1. The van der Waals surface area contributed by atoms with Gasteiger partial charge >= 0.3 is 0 Å². The van der Waals surface area contributed by atoms with Gasteiger partial charge in [-0.25, -0.2) is 0 Å². The molecule has 0 radical (unpaired) electrons. The number of rotatable bonds is 5. The molecule has 5 nitrogen and oxygen atoms in total. The van der Waals surface area contributed by atoms with Gasteiger partial charge in [-0.2, -0.15) is 0 Å². The SMILES string of the molecule is O=C(Nc1cccc(OC[C@@H]2CCCO2)c1)c1ccc(Cl)o1. The van der Waals surface area contributed by atoms with E-state index in [0.717, 1.165) is 19.4 Å². The van der Waals surface area contributed by atoms with Crippen LogP contribution >= 0.6 is 11.6 Å².